The van der Waals surface area contributed by atoms with E-state index in [2.05, 4.69) is 5.32 Å². The number of benzene rings is 3. The van der Waals surface area contributed by atoms with Gasteiger partial charge in [0.25, 0.3) is 0 Å². The van der Waals surface area contributed by atoms with Crippen LogP contribution in [0.4, 0.5) is 24.5 Å². The van der Waals surface area contributed by atoms with Crippen molar-refractivity contribution in [3.63, 3.8) is 0 Å². The number of nitrogens with zero attached hydrogens (tertiary/aromatic N) is 2. The van der Waals surface area contributed by atoms with E-state index in [1.807, 2.05) is 0 Å². The van der Waals surface area contributed by atoms with Gasteiger partial charge in [0, 0.05) is 16.5 Å². The molecule has 14 heteroatoms. The Morgan fingerprint density at radius 3 is 2.33 bits per heavy atom. The van der Waals surface area contributed by atoms with E-state index in [0.29, 0.717) is 32.7 Å². The van der Waals surface area contributed by atoms with Gasteiger partial charge in [-0.1, -0.05) is 53.4 Å². The maximum atomic E-state index is 14.0. The van der Waals surface area contributed by atoms with Gasteiger partial charge < -0.3 is 14.8 Å². The Morgan fingerprint density at radius 1 is 0.911 bits per heavy atom. The quantitative estimate of drug-likeness (QED) is 0.267. The van der Waals surface area contributed by atoms with Crippen molar-refractivity contribution in [1.82, 2.24) is 4.57 Å². The van der Waals surface area contributed by atoms with E-state index in [4.69, 9.17) is 9.47 Å². The maximum absolute atomic E-state index is 14.0. The molecule has 3 heterocycles. The number of hydrogen-bond donors (Lipinski definition) is 1. The second-order valence-corrected chi connectivity index (χ2v) is 12.4. The molecule has 45 heavy (non-hydrogen) atoms. The minimum absolute atomic E-state index is 0.0852. The molecule has 6 rings (SSSR count). The molecule has 3 atom stereocenters. The number of imide groups is 1. The van der Waals surface area contributed by atoms with E-state index < -0.39 is 58.0 Å². The zero-order chi connectivity index (χ0) is 32.0. The summed E-state index contributed by atoms with van der Waals surface area (Å²) in [4.78, 5) is 55.4. The summed E-state index contributed by atoms with van der Waals surface area (Å²) in [5.74, 6) is -2.42. The summed E-state index contributed by atoms with van der Waals surface area (Å²) in [6, 6.07) is 17.8. The molecule has 2 aliphatic heterocycles. The number of anilines is 2. The summed E-state index contributed by atoms with van der Waals surface area (Å²) in [7, 11) is 2.95. The normalized spacial score (nSPS) is 19.2. The number of ether oxygens (including phenoxy) is 2. The van der Waals surface area contributed by atoms with Gasteiger partial charge in [-0.15, -0.1) is 0 Å². The van der Waals surface area contributed by atoms with Crippen LogP contribution in [-0.2, 0) is 27.1 Å². The van der Waals surface area contributed by atoms with Crippen LogP contribution in [0.1, 0.15) is 21.9 Å². The van der Waals surface area contributed by atoms with Crippen LogP contribution in [0.5, 0.6) is 11.5 Å². The number of fused-ring (bicyclic) bond motifs is 2. The van der Waals surface area contributed by atoms with Crippen LogP contribution in [0.2, 0.25) is 0 Å². The highest BCUT2D eigenvalue weighted by molar-refractivity contribution is 8.00. The molecular formula is C31H24F3N3O6S2. The number of thioether (sulfide) groups is 1. The third-order valence-electron chi connectivity index (χ3n) is 7.61. The highest BCUT2D eigenvalue weighted by Gasteiger charge is 2.57. The molecular weight excluding hydrogens is 631 g/mol. The Bertz CT molecular complexity index is 1870. The summed E-state index contributed by atoms with van der Waals surface area (Å²) in [6.45, 7) is -0.519. The van der Waals surface area contributed by atoms with E-state index in [1.54, 1.807) is 48.5 Å². The highest BCUT2D eigenvalue weighted by Crippen LogP contribution is 2.54. The summed E-state index contributed by atoms with van der Waals surface area (Å²) < 4.78 is 51.6. The lowest BCUT2D eigenvalue weighted by atomic mass is 9.83. The Kier molecular flexibility index (Phi) is 7.95. The third-order valence-corrected chi connectivity index (χ3v) is 10.2. The number of amides is 3. The van der Waals surface area contributed by atoms with E-state index in [9.17, 15) is 32.3 Å². The average Bonchev–Trinajstić information content (AvgIpc) is 3.46. The van der Waals surface area contributed by atoms with Crippen molar-refractivity contribution in [1.29, 1.82) is 0 Å². The van der Waals surface area contributed by atoms with Crippen molar-refractivity contribution in [2.24, 2.45) is 5.92 Å². The lowest BCUT2D eigenvalue weighted by Gasteiger charge is -2.31. The molecule has 0 saturated carbocycles. The van der Waals surface area contributed by atoms with Gasteiger partial charge in [-0.05, 0) is 48.0 Å². The maximum Gasteiger partial charge on any atom is 0.416 e. The minimum Gasteiger partial charge on any atom is -0.493 e. The molecule has 1 N–H and O–H groups in total. The largest absolute Gasteiger partial charge is 0.493 e. The number of halogens is 3. The number of nitrogens with one attached hydrogen (secondary N) is 1. The van der Waals surface area contributed by atoms with Crippen LogP contribution in [0.15, 0.2) is 82.6 Å². The molecule has 3 amide bonds. The topological polar surface area (TPSA) is 107 Å². The van der Waals surface area contributed by atoms with Crippen LogP contribution in [0.25, 0.3) is 0 Å². The second kappa shape index (κ2) is 11.7. The Labute approximate surface area is 262 Å². The molecule has 0 radical (unpaired) electrons. The lowest BCUT2D eigenvalue weighted by Crippen LogP contribution is -2.33. The summed E-state index contributed by atoms with van der Waals surface area (Å²) >= 11 is 1.88. The van der Waals surface area contributed by atoms with Gasteiger partial charge in [0.05, 0.1) is 36.4 Å². The van der Waals surface area contributed by atoms with Crippen molar-refractivity contribution in [2.75, 3.05) is 24.4 Å². The average molecular weight is 656 g/mol. The molecule has 2 aliphatic rings. The van der Waals surface area contributed by atoms with Gasteiger partial charge >= 0.3 is 11.0 Å². The first-order chi connectivity index (χ1) is 21.5. The fraction of sp³-hybridized carbons (Fsp3) is 0.226. The molecule has 3 unspecified atom stereocenters. The van der Waals surface area contributed by atoms with Crippen molar-refractivity contribution >= 4 is 52.2 Å². The molecule has 1 saturated heterocycles. The van der Waals surface area contributed by atoms with E-state index in [0.717, 1.165) is 40.1 Å². The van der Waals surface area contributed by atoms with Gasteiger partial charge in [-0.25, -0.2) is 4.90 Å². The summed E-state index contributed by atoms with van der Waals surface area (Å²) in [6.07, 6.45) is -4.60. The second-order valence-electron chi connectivity index (χ2n) is 10.3. The van der Waals surface area contributed by atoms with Gasteiger partial charge in [-0.3, -0.25) is 23.7 Å². The van der Waals surface area contributed by atoms with Gasteiger partial charge in [0.15, 0.2) is 11.5 Å². The first-order valence-electron chi connectivity index (χ1n) is 13.5. The molecule has 0 spiro atoms. The van der Waals surface area contributed by atoms with Crippen molar-refractivity contribution in [2.45, 2.75) is 28.9 Å². The first kappa shape index (κ1) is 30.5. The number of thiazole rings is 1. The third kappa shape index (κ3) is 5.48. The monoisotopic (exact) mass is 655 g/mol. The molecule has 0 aliphatic carbocycles. The van der Waals surface area contributed by atoms with Crippen molar-refractivity contribution in [3.05, 3.63) is 98.5 Å². The van der Waals surface area contributed by atoms with Crippen LogP contribution >= 0.6 is 23.1 Å². The summed E-state index contributed by atoms with van der Waals surface area (Å²) in [5, 5.41) is 1.84. The molecule has 232 valence electrons. The Hall–Kier alpha value is -4.56. The zero-order valence-electron chi connectivity index (χ0n) is 23.7. The fourth-order valence-corrected chi connectivity index (χ4v) is 8.38. The Morgan fingerprint density at radius 2 is 1.64 bits per heavy atom. The number of carbonyl (C=O) groups excluding carboxylic acids is 3. The Balaban J connectivity index is 1.41. The summed E-state index contributed by atoms with van der Waals surface area (Å²) in [5.41, 5.74) is -0.00747. The van der Waals surface area contributed by atoms with E-state index >= 15 is 0 Å². The molecule has 0 bridgehead atoms. The molecule has 3 aromatic carbocycles. The SMILES string of the molecule is COc1ccc(C2c3sc(=O)n(CC(=O)Nc4cccc(C(F)(F)F)c4)c3SC3C(=O)N(c4ccccc4)C(=O)C32)cc1OC. The minimum atomic E-state index is -4.60. The molecule has 9 nitrogen and oxygen atoms in total. The number of alkyl halides is 3. The molecule has 4 aromatic rings. The number of rotatable bonds is 7. The lowest BCUT2D eigenvalue weighted by molar-refractivity contribution is -0.137. The van der Waals surface area contributed by atoms with Crippen molar-refractivity contribution < 1.29 is 37.0 Å². The van der Waals surface area contributed by atoms with E-state index in [1.165, 1.54) is 30.9 Å². The number of methoxy groups -OCH3 is 2. The highest BCUT2D eigenvalue weighted by atomic mass is 32.2. The predicted molar refractivity (Wildman–Crippen MR) is 162 cm³/mol. The van der Waals surface area contributed by atoms with Crippen LogP contribution in [0, 0.1) is 5.92 Å². The van der Waals surface area contributed by atoms with Crippen LogP contribution in [0.3, 0.4) is 0 Å². The van der Waals surface area contributed by atoms with Gasteiger partial charge in [0.1, 0.15) is 11.8 Å². The number of para-hydroxylation sites is 1. The first-order valence-corrected chi connectivity index (χ1v) is 15.2. The van der Waals surface area contributed by atoms with Crippen LogP contribution in [-0.4, -0.2) is 41.8 Å². The number of carbonyl (C=O) groups is 3. The van der Waals surface area contributed by atoms with Gasteiger partial charge in [-0.2, -0.15) is 13.2 Å². The zero-order valence-corrected chi connectivity index (χ0v) is 25.3. The fourth-order valence-electron chi connectivity index (χ4n) is 5.61. The van der Waals surface area contributed by atoms with Crippen LogP contribution < -0.4 is 24.6 Å². The molecule has 1 aromatic heterocycles. The van der Waals surface area contributed by atoms with Crippen molar-refractivity contribution in [3.8, 4) is 11.5 Å². The predicted octanol–water partition coefficient (Wildman–Crippen LogP) is 5.38. The smallest absolute Gasteiger partial charge is 0.416 e. The molecule has 1 fully saturated rings. The van der Waals surface area contributed by atoms with E-state index in [-0.39, 0.29) is 5.69 Å². The standard InChI is InChI=1S/C31H24F3N3O6S2/c1-42-20-12-11-16(13-21(20)43-2)23-24-25(28(40)37(27(24)39)19-9-4-3-5-10-19)44-29-26(23)45-30(41)36(29)15-22(38)35-18-8-6-7-17(14-18)31(32,33)34/h3-14,23-25H,15H2,1-2H3,(H,35,38). The number of aromatic nitrogens is 1. The number of hydrogen-bond acceptors (Lipinski definition) is 8. The van der Waals surface area contributed by atoms with Gasteiger partial charge in [0.2, 0.25) is 17.7 Å².